The SMILES string of the molecule is CC(C)C1COC(c2cc[c]cc2)=N1. The molecule has 2 nitrogen and oxygen atoms in total. The van der Waals surface area contributed by atoms with Gasteiger partial charge in [0.2, 0.25) is 5.90 Å². The van der Waals surface area contributed by atoms with Gasteiger partial charge in [-0.1, -0.05) is 26.0 Å². The minimum absolute atomic E-state index is 0.314. The Balaban J connectivity index is 2.18. The molecule has 1 aromatic rings. The lowest BCUT2D eigenvalue weighted by atomic mass is 10.1. The van der Waals surface area contributed by atoms with Crippen LogP contribution in [0.5, 0.6) is 0 Å². The molecule has 1 aliphatic rings. The lowest BCUT2D eigenvalue weighted by Crippen LogP contribution is -2.13. The Morgan fingerprint density at radius 1 is 1.43 bits per heavy atom. The van der Waals surface area contributed by atoms with Crippen molar-refractivity contribution < 1.29 is 4.74 Å². The Morgan fingerprint density at radius 2 is 2.14 bits per heavy atom. The second-order valence-corrected chi connectivity index (χ2v) is 3.85. The highest BCUT2D eigenvalue weighted by Crippen LogP contribution is 2.17. The van der Waals surface area contributed by atoms with E-state index in [2.05, 4.69) is 24.9 Å². The maximum absolute atomic E-state index is 5.55. The maximum atomic E-state index is 5.55. The molecule has 73 valence electrons. The van der Waals surface area contributed by atoms with Crippen LogP contribution in [0.4, 0.5) is 0 Å². The summed E-state index contributed by atoms with van der Waals surface area (Å²) < 4.78 is 5.55. The topological polar surface area (TPSA) is 21.6 Å². The average molecular weight is 188 g/mol. The number of rotatable bonds is 2. The molecule has 2 rings (SSSR count). The highest BCUT2D eigenvalue weighted by Gasteiger charge is 2.22. The largest absolute Gasteiger partial charge is 0.475 e. The van der Waals surface area contributed by atoms with E-state index in [1.165, 1.54) is 0 Å². The zero-order chi connectivity index (χ0) is 9.97. The van der Waals surface area contributed by atoms with Crippen molar-refractivity contribution in [3.8, 4) is 0 Å². The van der Waals surface area contributed by atoms with Crippen LogP contribution in [0.15, 0.2) is 29.3 Å². The first-order chi connectivity index (χ1) is 6.77. The van der Waals surface area contributed by atoms with E-state index in [0.29, 0.717) is 18.6 Å². The molecule has 0 fully saturated rings. The van der Waals surface area contributed by atoms with E-state index < -0.39 is 0 Å². The maximum Gasteiger partial charge on any atom is 0.216 e. The minimum Gasteiger partial charge on any atom is -0.475 e. The molecule has 1 heterocycles. The van der Waals surface area contributed by atoms with Gasteiger partial charge < -0.3 is 4.74 Å². The summed E-state index contributed by atoms with van der Waals surface area (Å²) in [4.78, 5) is 4.54. The van der Waals surface area contributed by atoms with Crippen LogP contribution in [0, 0.1) is 12.0 Å². The molecule has 0 saturated heterocycles. The van der Waals surface area contributed by atoms with Crippen molar-refractivity contribution in [2.24, 2.45) is 10.9 Å². The third kappa shape index (κ3) is 1.79. The monoisotopic (exact) mass is 188 g/mol. The molecule has 1 atom stereocenters. The fourth-order valence-corrected chi connectivity index (χ4v) is 1.42. The Morgan fingerprint density at radius 3 is 2.71 bits per heavy atom. The Labute approximate surface area is 84.6 Å². The lowest BCUT2D eigenvalue weighted by Gasteiger charge is -2.06. The molecule has 0 N–H and O–H groups in total. The molecule has 2 heteroatoms. The van der Waals surface area contributed by atoms with Crippen LogP contribution in [0.2, 0.25) is 0 Å². The molecule has 1 radical (unpaired) electrons. The van der Waals surface area contributed by atoms with Crippen LogP contribution in [-0.4, -0.2) is 18.5 Å². The molecule has 1 aromatic carbocycles. The van der Waals surface area contributed by atoms with Crippen LogP contribution < -0.4 is 0 Å². The molecule has 1 unspecified atom stereocenters. The van der Waals surface area contributed by atoms with Gasteiger partial charge in [0, 0.05) is 5.56 Å². The number of hydrogen-bond donors (Lipinski definition) is 0. The predicted octanol–water partition coefficient (Wildman–Crippen LogP) is 2.29. The number of benzene rings is 1. The van der Waals surface area contributed by atoms with E-state index in [-0.39, 0.29) is 0 Å². The predicted molar refractivity (Wildman–Crippen MR) is 56.4 cm³/mol. The first-order valence-electron chi connectivity index (χ1n) is 4.94. The summed E-state index contributed by atoms with van der Waals surface area (Å²) in [6.45, 7) is 5.05. The fourth-order valence-electron chi connectivity index (χ4n) is 1.42. The van der Waals surface area contributed by atoms with E-state index >= 15 is 0 Å². The molecular weight excluding hydrogens is 174 g/mol. The second-order valence-electron chi connectivity index (χ2n) is 3.85. The first-order valence-corrected chi connectivity index (χ1v) is 4.94. The smallest absolute Gasteiger partial charge is 0.216 e. The van der Waals surface area contributed by atoms with Crippen LogP contribution in [0.3, 0.4) is 0 Å². The van der Waals surface area contributed by atoms with Crippen molar-refractivity contribution in [2.75, 3.05) is 6.61 Å². The zero-order valence-corrected chi connectivity index (χ0v) is 8.53. The standard InChI is InChI=1S/C12H14NO/c1-9(2)11-8-14-12(13-11)10-6-4-3-5-7-10/h4-7,9,11H,8H2,1-2H3. The van der Waals surface area contributed by atoms with E-state index in [1.54, 1.807) is 0 Å². The summed E-state index contributed by atoms with van der Waals surface area (Å²) in [6.07, 6.45) is 0. The molecule has 0 spiro atoms. The highest BCUT2D eigenvalue weighted by atomic mass is 16.5. The Kier molecular flexibility index (Phi) is 2.53. The third-order valence-corrected chi connectivity index (χ3v) is 2.41. The first kappa shape index (κ1) is 9.25. The Hall–Kier alpha value is -1.31. The fraction of sp³-hybridized carbons (Fsp3) is 0.417. The van der Waals surface area contributed by atoms with Gasteiger partial charge in [-0.25, -0.2) is 4.99 Å². The molecule has 0 aliphatic carbocycles. The van der Waals surface area contributed by atoms with E-state index in [9.17, 15) is 0 Å². The minimum atomic E-state index is 0.314. The lowest BCUT2D eigenvalue weighted by molar-refractivity contribution is 0.292. The second kappa shape index (κ2) is 3.82. The van der Waals surface area contributed by atoms with Gasteiger partial charge in [-0.3, -0.25) is 0 Å². The van der Waals surface area contributed by atoms with Crippen molar-refractivity contribution in [1.82, 2.24) is 0 Å². The van der Waals surface area contributed by atoms with Crippen molar-refractivity contribution >= 4 is 5.90 Å². The van der Waals surface area contributed by atoms with Crippen molar-refractivity contribution in [3.63, 3.8) is 0 Å². The molecule has 0 aromatic heterocycles. The number of aliphatic imine (C=N–C) groups is 1. The average Bonchev–Trinajstić information content (AvgIpc) is 2.68. The number of nitrogens with zero attached hydrogens (tertiary/aromatic N) is 1. The van der Waals surface area contributed by atoms with E-state index in [4.69, 9.17) is 4.74 Å². The third-order valence-electron chi connectivity index (χ3n) is 2.41. The molecule has 1 aliphatic heterocycles. The van der Waals surface area contributed by atoms with Crippen LogP contribution in [-0.2, 0) is 4.74 Å². The zero-order valence-electron chi connectivity index (χ0n) is 8.53. The molecule has 0 saturated carbocycles. The molecule has 14 heavy (non-hydrogen) atoms. The van der Waals surface area contributed by atoms with Gasteiger partial charge in [0.05, 0.1) is 6.04 Å². The summed E-state index contributed by atoms with van der Waals surface area (Å²) >= 11 is 0. The molecule has 0 amide bonds. The molecule has 0 bridgehead atoms. The van der Waals surface area contributed by atoms with Gasteiger partial charge in [0.1, 0.15) is 6.61 Å². The van der Waals surface area contributed by atoms with Crippen LogP contribution in [0.25, 0.3) is 0 Å². The normalized spacial score (nSPS) is 20.8. The Bertz CT molecular complexity index is 329. The van der Waals surface area contributed by atoms with Gasteiger partial charge in [0.25, 0.3) is 0 Å². The van der Waals surface area contributed by atoms with Gasteiger partial charge in [-0.2, -0.15) is 0 Å². The quantitative estimate of drug-likeness (QED) is 0.697. The summed E-state index contributed by atoms with van der Waals surface area (Å²) in [5, 5.41) is 0. The summed E-state index contributed by atoms with van der Waals surface area (Å²) in [6, 6.07) is 11.0. The number of hydrogen-bond acceptors (Lipinski definition) is 2. The summed E-state index contributed by atoms with van der Waals surface area (Å²) in [5.41, 5.74) is 1.05. The highest BCUT2D eigenvalue weighted by molar-refractivity contribution is 5.95. The summed E-state index contributed by atoms with van der Waals surface area (Å²) in [5.74, 6) is 1.32. The van der Waals surface area contributed by atoms with Gasteiger partial charge in [-0.05, 0) is 24.1 Å². The van der Waals surface area contributed by atoms with Crippen molar-refractivity contribution in [1.29, 1.82) is 0 Å². The van der Waals surface area contributed by atoms with Crippen LogP contribution >= 0.6 is 0 Å². The van der Waals surface area contributed by atoms with Crippen LogP contribution in [0.1, 0.15) is 19.4 Å². The molecular formula is C12H14NO. The van der Waals surface area contributed by atoms with Gasteiger partial charge >= 0.3 is 0 Å². The van der Waals surface area contributed by atoms with E-state index in [0.717, 1.165) is 11.5 Å². The van der Waals surface area contributed by atoms with Crippen molar-refractivity contribution in [2.45, 2.75) is 19.9 Å². The number of ether oxygens (including phenoxy) is 1. The van der Waals surface area contributed by atoms with Crippen molar-refractivity contribution in [3.05, 3.63) is 35.9 Å². The van der Waals surface area contributed by atoms with E-state index in [1.807, 2.05) is 24.3 Å². The van der Waals surface area contributed by atoms with Gasteiger partial charge in [0.15, 0.2) is 0 Å². The van der Waals surface area contributed by atoms with Gasteiger partial charge in [-0.15, -0.1) is 0 Å². The summed E-state index contributed by atoms with van der Waals surface area (Å²) in [7, 11) is 0.